The van der Waals surface area contributed by atoms with E-state index in [0.29, 0.717) is 18.0 Å². The largest absolute Gasteiger partial charge is 0.673 e. The van der Waals surface area contributed by atoms with Gasteiger partial charge >= 0.3 is 12.9 Å². The van der Waals surface area contributed by atoms with Gasteiger partial charge in [-0.15, -0.1) is 0 Å². The molecule has 0 atom stereocenters. The van der Waals surface area contributed by atoms with Crippen molar-refractivity contribution in [1.82, 2.24) is 0 Å². The van der Waals surface area contributed by atoms with Gasteiger partial charge in [0.15, 0.2) is 4.98 Å². The van der Waals surface area contributed by atoms with Crippen molar-refractivity contribution in [2.45, 2.75) is 6.92 Å². The number of nitrogens with zero attached hydrogens (tertiary/aromatic N) is 2. The van der Waals surface area contributed by atoms with Crippen molar-refractivity contribution >= 4 is 12.9 Å². The zero-order valence-electron chi connectivity index (χ0n) is 8.41. The van der Waals surface area contributed by atoms with Crippen LogP contribution in [-0.4, -0.2) is 13.9 Å². The lowest BCUT2D eigenvalue weighted by atomic mass is 10.3. The molecule has 1 rings (SSSR count). The first-order chi connectivity index (χ1) is 7.38. The van der Waals surface area contributed by atoms with Crippen LogP contribution >= 0.6 is 0 Å². The summed E-state index contributed by atoms with van der Waals surface area (Å²) >= 11 is 0. The van der Waals surface area contributed by atoms with Crippen molar-refractivity contribution in [3.63, 3.8) is 0 Å². The molecule has 0 saturated carbocycles. The van der Waals surface area contributed by atoms with Gasteiger partial charge in [0.05, 0.1) is 6.61 Å². The minimum absolute atomic E-state index is 0.467. The molecule has 0 unspecified atom stereocenters. The molecule has 0 aliphatic carbocycles. The second-order valence-corrected chi connectivity index (χ2v) is 2.50. The van der Waals surface area contributed by atoms with Crippen molar-refractivity contribution in [2.24, 2.45) is 0 Å². The summed E-state index contributed by atoms with van der Waals surface area (Å²) < 4.78 is 44.2. The number of diazo groups is 1. The van der Waals surface area contributed by atoms with Gasteiger partial charge in [-0.2, -0.15) is 0 Å². The molecule has 0 saturated heterocycles. The highest BCUT2D eigenvalue weighted by atomic mass is 19.5. The van der Waals surface area contributed by atoms with E-state index in [-0.39, 0.29) is 0 Å². The Bertz CT molecular complexity index is 358. The first-order valence-electron chi connectivity index (χ1n) is 4.32. The van der Waals surface area contributed by atoms with E-state index < -0.39 is 7.25 Å². The van der Waals surface area contributed by atoms with Crippen LogP contribution < -0.4 is 4.74 Å². The number of halogens is 4. The normalized spacial score (nSPS) is 9.75. The molecule has 0 bridgehead atoms. The fourth-order valence-corrected chi connectivity index (χ4v) is 0.817. The van der Waals surface area contributed by atoms with Crippen LogP contribution in [0.3, 0.4) is 0 Å². The number of hydrogen-bond donors (Lipinski definition) is 0. The fourth-order valence-electron chi connectivity index (χ4n) is 0.817. The van der Waals surface area contributed by atoms with Crippen molar-refractivity contribution in [3.8, 4) is 5.75 Å². The van der Waals surface area contributed by atoms with Crippen molar-refractivity contribution in [2.75, 3.05) is 6.61 Å². The number of ether oxygens (including phenoxy) is 1. The summed E-state index contributed by atoms with van der Waals surface area (Å²) in [5, 5.41) is 8.49. The second kappa shape index (κ2) is 6.66. The molecule has 0 spiro atoms. The lowest BCUT2D eigenvalue weighted by Crippen LogP contribution is -2.02. The van der Waals surface area contributed by atoms with E-state index >= 15 is 0 Å². The summed E-state index contributed by atoms with van der Waals surface area (Å²) in [5.74, 6) is 0.609. The van der Waals surface area contributed by atoms with Crippen LogP contribution in [0.1, 0.15) is 6.92 Å². The Morgan fingerprint density at radius 2 is 1.75 bits per heavy atom. The Balaban J connectivity index is 0.000000385. The summed E-state index contributed by atoms with van der Waals surface area (Å²) in [5.41, 5.74) is 0.467. The summed E-state index contributed by atoms with van der Waals surface area (Å²) in [4.78, 5) is 3.06. The monoisotopic (exact) mass is 236 g/mol. The molecule has 0 aliphatic rings. The molecule has 0 radical (unpaired) electrons. The van der Waals surface area contributed by atoms with E-state index in [1.807, 2.05) is 13.0 Å². The van der Waals surface area contributed by atoms with Crippen LogP contribution in [-0.2, 0) is 0 Å². The molecule has 1 aromatic rings. The Morgan fingerprint density at radius 1 is 1.25 bits per heavy atom. The van der Waals surface area contributed by atoms with Gasteiger partial charge in [0, 0.05) is 6.07 Å². The summed E-state index contributed by atoms with van der Waals surface area (Å²) in [7, 11) is -6.00. The molecule has 1 aromatic carbocycles. The van der Waals surface area contributed by atoms with E-state index in [9.17, 15) is 17.3 Å². The van der Waals surface area contributed by atoms with Gasteiger partial charge in [0.2, 0.25) is 11.1 Å². The first-order valence-corrected chi connectivity index (χ1v) is 4.32. The van der Waals surface area contributed by atoms with E-state index in [4.69, 9.17) is 10.1 Å². The van der Waals surface area contributed by atoms with Crippen LogP contribution in [0.25, 0.3) is 4.98 Å². The lowest BCUT2D eigenvalue weighted by molar-refractivity contribution is 0.342. The van der Waals surface area contributed by atoms with E-state index in [1.54, 1.807) is 18.2 Å². The number of hydrogen-bond acceptors (Lipinski definition) is 2. The highest BCUT2D eigenvalue weighted by Gasteiger charge is 2.20. The Kier molecular flexibility index (Phi) is 5.92. The maximum absolute atomic E-state index is 9.75. The predicted octanol–water partition coefficient (Wildman–Crippen LogP) is 3.87. The number of benzene rings is 1. The molecule has 8 heteroatoms. The van der Waals surface area contributed by atoms with Crippen LogP contribution in [0.5, 0.6) is 5.75 Å². The SMILES string of the molecule is CCOc1ccccc1[N+]#N.F[B-](F)(F)F. The second-order valence-electron chi connectivity index (χ2n) is 2.50. The van der Waals surface area contributed by atoms with Gasteiger partial charge in [-0.05, 0) is 13.0 Å². The van der Waals surface area contributed by atoms with Crippen LogP contribution in [0.2, 0.25) is 0 Å². The summed E-state index contributed by atoms with van der Waals surface area (Å²) in [6.45, 7) is 2.46. The third-order valence-electron chi connectivity index (χ3n) is 1.27. The Morgan fingerprint density at radius 3 is 2.19 bits per heavy atom. The first kappa shape index (κ1) is 14.2. The molecule has 0 aromatic heterocycles. The fraction of sp³-hybridized carbons (Fsp3) is 0.250. The van der Waals surface area contributed by atoms with Gasteiger partial charge in [0.1, 0.15) is 0 Å². The standard InChI is InChI=1S/C8H9N2O.BF4/c1-2-11-8-6-4-3-5-7(8)10-9;2-1(3,4)5/h3-6H,2H2,1H3;/q+1;-1. The minimum atomic E-state index is -6.00. The van der Waals surface area contributed by atoms with E-state index in [1.165, 1.54) is 0 Å². The van der Waals surface area contributed by atoms with Crippen molar-refractivity contribution in [1.29, 1.82) is 5.39 Å². The molecule has 0 heterocycles. The summed E-state index contributed by atoms with van der Waals surface area (Å²) in [6.07, 6.45) is 0. The Labute approximate surface area is 89.8 Å². The van der Waals surface area contributed by atoms with Crippen molar-refractivity contribution < 1.29 is 22.0 Å². The highest BCUT2D eigenvalue weighted by molar-refractivity contribution is 6.50. The topological polar surface area (TPSA) is 37.4 Å². The molecule has 16 heavy (non-hydrogen) atoms. The smallest absolute Gasteiger partial charge is 0.486 e. The van der Waals surface area contributed by atoms with Crippen molar-refractivity contribution in [3.05, 3.63) is 29.2 Å². The molecular formula is C8H9BF4N2O. The Hall–Kier alpha value is -1.78. The highest BCUT2D eigenvalue weighted by Crippen LogP contribution is 2.26. The number of rotatable bonds is 2. The summed E-state index contributed by atoms with van der Waals surface area (Å²) in [6, 6.07) is 7.07. The van der Waals surface area contributed by atoms with Gasteiger partial charge < -0.3 is 22.0 Å². The molecule has 3 nitrogen and oxygen atoms in total. The van der Waals surface area contributed by atoms with E-state index in [0.717, 1.165) is 0 Å². The predicted molar refractivity (Wildman–Crippen MR) is 52.5 cm³/mol. The molecule has 0 fully saturated rings. The van der Waals surface area contributed by atoms with Gasteiger partial charge in [-0.1, -0.05) is 12.1 Å². The lowest BCUT2D eigenvalue weighted by Gasteiger charge is -1.96. The average molecular weight is 236 g/mol. The third-order valence-corrected chi connectivity index (χ3v) is 1.27. The van der Waals surface area contributed by atoms with Gasteiger partial charge in [-0.3, -0.25) is 0 Å². The third kappa shape index (κ3) is 7.61. The maximum atomic E-state index is 9.75. The number of para-hydroxylation sites is 1. The quantitative estimate of drug-likeness (QED) is 0.444. The maximum Gasteiger partial charge on any atom is 0.673 e. The van der Waals surface area contributed by atoms with Crippen LogP contribution in [0.4, 0.5) is 23.0 Å². The van der Waals surface area contributed by atoms with E-state index in [2.05, 4.69) is 4.98 Å². The zero-order chi connectivity index (χ0) is 12.6. The molecular weight excluding hydrogens is 227 g/mol. The molecule has 88 valence electrons. The zero-order valence-corrected chi connectivity index (χ0v) is 8.41. The van der Waals surface area contributed by atoms with Crippen LogP contribution in [0.15, 0.2) is 24.3 Å². The minimum Gasteiger partial charge on any atom is -0.486 e. The van der Waals surface area contributed by atoms with Gasteiger partial charge in [0.25, 0.3) is 0 Å². The molecule has 0 amide bonds. The molecule has 0 N–H and O–H groups in total. The van der Waals surface area contributed by atoms with Crippen LogP contribution in [0, 0.1) is 5.39 Å². The van der Waals surface area contributed by atoms with Gasteiger partial charge in [-0.25, -0.2) is 0 Å². The molecule has 0 aliphatic heterocycles. The average Bonchev–Trinajstić information content (AvgIpc) is 2.16.